The molecule has 1 amide bonds. The number of carbonyl (C=O) groups is 1. The van der Waals surface area contributed by atoms with Crippen LogP contribution in [0, 0.1) is 5.92 Å². The molecule has 0 saturated heterocycles. The van der Waals surface area contributed by atoms with E-state index >= 15 is 0 Å². The number of rotatable bonds is 9. The Labute approximate surface area is 224 Å². The van der Waals surface area contributed by atoms with Crippen molar-refractivity contribution in [3.63, 3.8) is 0 Å². The standard InChI is InChI=1S/C19H25N3O.C10H17NO.C2H6/c1-5-13(2)11-17(14(3)20)15(4)22-18(12-19(21)23)16-9-7-6-8-10-16;1-7(5-6-8(2)11)9(3)10(4)12;1-2/h5-12,14H,20H2,1-4H3,(H2,21,23);5-6,9,12H,4,11H2,1-3H3;1-2H3/b13-5-,17-11-,18-12-,22-15+;7-5-,8-6-;. The van der Waals surface area contributed by atoms with E-state index < -0.39 is 5.91 Å². The molecule has 1 aromatic rings. The monoisotopic (exact) mass is 508 g/mol. The van der Waals surface area contributed by atoms with Crippen LogP contribution in [0.1, 0.15) is 67.9 Å². The highest BCUT2D eigenvalue weighted by molar-refractivity contribution is 6.04. The Morgan fingerprint density at radius 1 is 1.00 bits per heavy atom. The summed E-state index contributed by atoms with van der Waals surface area (Å²) >= 11 is 0. The zero-order chi connectivity index (χ0) is 29.1. The summed E-state index contributed by atoms with van der Waals surface area (Å²) in [6, 6.07) is 9.29. The fraction of sp³-hybridized carbons (Fsp3) is 0.355. The number of nitrogens with zero attached hydrogens (tertiary/aromatic N) is 1. The Kier molecular flexibility index (Phi) is 18.8. The molecule has 37 heavy (non-hydrogen) atoms. The number of amides is 1. The summed E-state index contributed by atoms with van der Waals surface area (Å²) in [6.45, 7) is 20.9. The van der Waals surface area contributed by atoms with E-state index in [9.17, 15) is 4.79 Å². The van der Waals surface area contributed by atoms with E-state index in [1.54, 1.807) is 0 Å². The van der Waals surface area contributed by atoms with Crippen molar-refractivity contribution in [1.29, 1.82) is 0 Å². The third-order valence-corrected chi connectivity index (χ3v) is 5.18. The van der Waals surface area contributed by atoms with Crippen LogP contribution in [0.2, 0.25) is 0 Å². The van der Waals surface area contributed by atoms with Crippen LogP contribution in [0.4, 0.5) is 0 Å². The third kappa shape index (κ3) is 15.9. The van der Waals surface area contributed by atoms with Crippen molar-refractivity contribution in [2.45, 2.75) is 68.4 Å². The summed E-state index contributed by atoms with van der Waals surface area (Å²) in [5, 5.41) is 9.07. The largest absolute Gasteiger partial charge is 0.512 e. The Balaban J connectivity index is 0. The van der Waals surface area contributed by atoms with Crippen LogP contribution in [0.3, 0.4) is 0 Å². The molecule has 1 rings (SSSR count). The van der Waals surface area contributed by atoms with Crippen molar-refractivity contribution < 1.29 is 9.90 Å². The lowest BCUT2D eigenvalue weighted by molar-refractivity contribution is -0.113. The molecule has 0 aliphatic rings. The maximum Gasteiger partial charge on any atom is 0.243 e. The van der Waals surface area contributed by atoms with Gasteiger partial charge in [-0.25, -0.2) is 0 Å². The average molecular weight is 509 g/mol. The molecule has 0 aliphatic heterocycles. The van der Waals surface area contributed by atoms with E-state index in [-0.39, 0.29) is 17.7 Å². The number of aliphatic hydroxyl groups excluding tert-OH is 1. The van der Waals surface area contributed by atoms with Gasteiger partial charge in [-0.2, -0.15) is 0 Å². The number of aliphatic imine (C=N–C) groups is 1. The highest BCUT2D eigenvalue weighted by atomic mass is 16.3. The van der Waals surface area contributed by atoms with Gasteiger partial charge in [-0.1, -0.05) is 87.1 Å². The average Bonchev–Trinajstić information content (AvgIpc) is 2.86. The maximum atomic E-state index is 11.3. The van der Waals surface area contributed by atoms with Gasteiger partial charge in [-0.3, -0.25) is 9.79 Å². The van der Waals surface area contributed by atoms with Crippen molar-refractivity contribution in [2.24, 2.45) is 28.1 Å². The summed E-state index contributed by atoms with van der Waals surface area (Å²) in [5.74, 6) is -0.344. The van der Waals surface area contributed by atoms with Gasteiger partial charge in [0.15, 0.2) is 0 Å². The van der Waals surface area contributed by atoms with E-state index in [4.69, 9.17) is 22.3 Å². The Bertz CT molecular complexity index is 1040. The first-order valence-corrected chi connectivity index (χ1v) is 12.5. The van der Waals surface area contributed by atoms with Gasteiger partial charge in [-0.15, -0.1) is 0 Å². The molecule has 0 bridgehead atoms. The first kappa shape index (κ1) is 35.5. The molecule has 2 atom stereocenters. The van der Waals surface area contributed by atoms with Gasteiger partial charge in [0, 0.05) is 35.0 Å². The lowest BCUT2D eigenvalue weighted by atomic mass is 10.0. The van der Waals surface area contributed by atoms with Gasteiger partial charge in [0.1, 0.15) is 0 Å². The van der Waals surface area contributed by atoms with E-state index in [0.717, 1.165) is 33.7 Å². The van der Waals surface area contributed by atoms with Gasteiger partial charge in [0.25, 0.3) is 0 Å². The molecule has 1 aromatic carbocycles. The second kappa shape index (κ2) is 19.5. The number of hydrogen-bond donors (Lipinski definition) is 4. The van der Waals surface area contributed by atoms with Crippen LogP contribution < -0.4 is 17.2 Å². The molecule has 0 fully saturated rings. The van der Waals surface area contributed by atoms with Crippen LogP contribution in [-0.4, -0.2) is 22.8 Å². The van der Waals surface area contributed by atoms with Gasteiger partial charge >= 0.3 is 0 Å². The molecule has 0 aromatic heterocycles. The zero-order valence-corrected chi connectivity index (χ0v) is 24.2. The number of aliphatic hydroxyl groups is 1. The maximum absolute atomic E-state index is 11.3. The van der Waals surface area contributed by atoms with Gasteiger partial charge < -0.3 is 22.3 Å². The van der Waals surface area contributed by atoms with E-state index in [1.807, 2.05) is 117 Å². The van der Waals surface area contributed by atoms with Gasteiger partial charge in [0.2, 0.25) is 5.91 Å². The van der Waals surface area contributed by atoms with Crippen LogP contribution >= 0.6 is 0 Å². The van der Waals surface area contributed by atoms with Crippen LogP contribution in [0.25, 0.3) is 5.70 Å². The normalized spacial score (nSPS) is 15.0. The smallest absolute Gasteiger partial charge is 0.243 e. The minimum Gasteiger partial charge on any atom is -0.512 e. The second-order valence-corrected chi connectivity index (χ2v) is 8.45. The van der Waals surface area contributed by atoms with Crippen LogP contribution in [-0.2, 0) is 4.79 Å². The summed E-state index contributed by atoms with van der Waals surface area (Å²) in [6.07, 6.45) is 9.06. The Hall–Kier alpha value is -3.64. The minimum atomic E-state index is -0.531. The fourth-order valence-corrected chi connectivity index (χ4v) is 2.73. The number of primary amides is 1. The first-order valence-electron chi connectivity index (χ1n) is 12.5. The fourth-order valence-electron chi connectivity index (χ4n) is 2.73. The lowest BCUT2D eigenvalue weighted by Crippen LogP contribution is -2.23. The van der Waals surface area contributed by atoms with Crippen molar-refractivity contribution in [3.8, 4) is 0 Å². The molecule has 204 valence electrons. The molecule has 0 heterocycles. The number of hydrogen-bond acceptors (Lipinski definition) is 5. The predicted molar refractivity (Wildman–Crippen MR) is 162 cm³/mol. The highest BCUT2D eigenvalue weighted by Crippen LogP contribution is 2.18. The van der Waals surface area contributed by atoms with E-state index in [2.05, 4.69) is 11.6 Å². The molecule has 6 heteroatoms. The Morgan fingerprint density at radius 3 is 1.95 bits per heavy atom. The number of allylic oxidation sites excluding steroid dienone is 7. The topological polar surface area (TPSA) is 128 Å². The van der Waals surface area contributed by atoms with E-state index in [1.165, 1.54) is 6.08 Å². The molecule has 0 saturated carbocycles. The third-order valence-electron chi connectivity index (χ3n) is 5.18. The predicted octanol–water partition coefficient (Wildman–Crippen LogP) is 6.74. The SMILES string of the molecule is C=C(O)C(C)/C(C)=C\C=C(\C)N.CC.C\C=C(C)/C=C(\C(C)=N\C(=C/C(N)=O)c1ccccc1)C(C)N. The van der Waals surface area contributed by atoms with Crippen molar-refractivity contribution in [2.75, 3.05) is 0 Å². The first-order chi connectivity index (χ1) is 17.3. The van der Waals surface area contributed by atoms with Crippen LogP contribution in [0.5, 0.6) is 0 Å². The molecule has 0 radical (unpaired) electrons. The Morgan fingerprint density at radius 2 is 1.54 bits per heavy atom. The zero-order valence-electron chi connectivity index (χ0n) is 24.2. The number of nitrogens with two attached hydrogens (primary N) is 3. The van der Waals surface area contributed by atoms with Crippen LogP contribution in [0.15, 0.2) is 100 Å². The second-order valence-electron chi connectivity index (χ2n) is 8.45. The molecule has 6 nitrogen and oxygen atoms in total. The molecule has 0 aliphatic carbocycles. The lowest BCUT2D eigenvalue weighted by Gasteiger charge is -2.13. The summed E-state index contributed by atoms with van der Waals surface area (Å²) in [5.41, 5.74) is 22.8. The van der Waals surface area contributed by atoms with Crippen molar-refractivity contribution in [3.05, 3.63) is 101 Å². The molecule has 0 spiro atoms. The summed E-state index contributed by atoms with van der Waals surface area (Å²) in [7, 11) is 0. The minimum absolute atomic E-state index is 0.000556. The molecule has 7 N–H and O–H groups in total. The molecular weight excluding hydrogens is 460 g/mol. The summed E-state index contributed by atoms with van der Waals surface area (Å²) < 4.78 is 0. The number of carbonyl (C=O) groups excluding carboxylic acids is 1. The highest BCUT2D eigenvalue weighted by Gasteiger charge is 2.10. The quantitative estimate of drug-likeness (QED) is 0.127. The number of benzene rings is 1. The molecule has 2 unspecified atom stereocenters. The van der Waals surface area contributed by atoms with E-state index in [0.29, 0.717) is 5.70 Å². The van der Waals surface area contributed by atoms with Gasteiger partial charge in [0.05, 0.1) is 11.5 Å². The molecular formula is C31H48N4O2. The van der Waals surface area contributed by atoms with Crippen molar-refractivity contribution in [1.82, 2.24) is 0 Å². The van der Waals surface area contributed by atoms with Crippen molar-refractivity contribution >= 4 is 17.3 Å². The summed E-state index contributed by atoms with van der Waals surface area (Å²) in [4.78, 5) is 15.9. The van der Waals surface area contributed by atoms with Gasteiger partial charge in [-0.05, 0) is 53.2 Å².